The predicted octanol–water partition coefficient (Wildman–Crippen LogP) is 4.84. The number of fused-ring (bicyclic) bond motifs is 1. The van der Waals surface area contributed by atoms with Gasteiger partial charge in [-0.1, -0.05) is 19.9 Å². The van der Waals surface area contributed by atoms with Crippen LogP contribution < -0.4 is 5.56 Å². The number of rotatable bonds is 2. The van der Waals surface area contributed by atoms with E-state index in [1.807, 2.05) is 26.0 Å². The minimum absolute atomic E-state index is 0.135. The van der Waals surface area contributed by atoms with E-state index >= 15 is 0 Å². The Hall–Kier alpha value is -2.63. The molecule has 0 unspecified atom stereocenters. The van der Waals surface area contributed by atoms with Crippen LogP contribution in [-0.2, 0) is 6.18 Å². The van der Waals surface area contributed by atoms with E-state index in [1.54, 1.807) is 13.0 Å². The second-order valence-corrected chi connectivity index (χ2v) is 6.32. The maximum absolute atomic E-state index is 13.0. The number of alkyl halides is 3. The lowest BCUT2D eigenvalue weighted by molar-refractivity contribution is -0.137. The van der Waals surface area contributed by atoms with Crippen molar-refractivity contribution in [3.8, 4) is 5.69 Å². The first-order valence-electron chi connectivity index (χ1n) is 7.89. The van der Waals surface area contributed by atoms with Crippen LogP contribution in [0.5, 0.6) is 0 Å². The molecule has 25 heavy (non-hydrogen) atoms. The molecule has 0 N–H and O–H groups in total. The van der Waals surface area contributed by atoms with Gasteiger partial charge in [-0.2, -0.15) is 13.2 Å². The number of halogens is 3. The van der Waals surface area contributed by atoms with Gasteiger partial charge < -0.3 is 0 Å². The molecule has 6 heteroatoms. The molecule has 0 spiro atoms. The van der Waals surface area contributed by atoms with Crippen molar-refractivity contribution in [2.45, 2.75) is 32.9 Å². The summed E-state index contributed by atoms with van der Waals surface area (Å²) in [7, 11) is 0. The van der Waals surface area contributed by atoms with Crippen molar-refractivity contribution in [3.63, 3.8) is 0 Å². The summed E-state index contributed by atoms with van der Waals surface area (Å²) in [5, 5.41) is 0.707. The van der Waals surface area contributed by atoms with Gasteiger partial charge in [0.05, 0.1) is 11.3 Å². The molecule has 0 fully saturated rings. The van der Waals surface area contributed by atoms with E-state index in [2.05, 4.69) is 4.98 Å². The van der Waals surface area contributed by atoms with Crippen molar-refractivity contribution in [1.29, 1.82) is 0 Å². The third-order valence-electron chi connectivity index (χ3n) is 4.07. The summed E-state index contributed by atoms with van der Waals surface area (Å²) in [5.74, 6) is 0.135. The Balaban J connectivity index is 2.36. The Bertz CT molecular complexity index is 1000. The molecule has 0 amide bonds. The van der Waals surface area contributed by atoms with Crippen molar-refractivity contribution in [1.82, 2.24) is 9.55 Å². The SMILES string of the molecule is Cc1cc2ccc(C(C)C)nc2n(-c2cccc(C(F)(F)F)c2)c1=O. The summed E-state index contributed by atoms with van der Waals surface area (Å²) in [5.41, 5.74) is 0.565. The highest BCUT2D eigenvalue weighted by atomic mass is 19.4. The Morgan fingerprint density at radius 1 is 1.08 bits per heavy atom. The van der Waals surface area contributed by atoms with E-state index in [0.29, 0.717) is 16.6 Å². The van der Waals surface area contributed by atoms with Crippen LogP contribution >= 0.6 is 0 Å². The molecule has 0 saturated carbocycles. The number of benzene rings is 1. The highest BCUT2D eigenvalue weighted by Crippen LogP contribution is 2.30. The van der Waals surface area contributed by atoms with Crippen LogP contribution in [0.2, 0.25) is 0 Å². The Morgan fingerprint density at radius 3 is 2.44 bits per heavy atom. The Labute approximate surface area is 142 Å². The lowest BCUT2D eigenvalue weighted by atomic mass is 10.1. The van der Waals surface area contributed by atoms with Crippen LogP contribution in [-0.4, -0.2) is 9.55 Å². The summed E-state index contributed by atoms with van der Waals surface area (Å²) < 4.78 is 40.4. The van der Waals surface area contributed by atoms with Gasteiger partial charge in [0.15, 0.2) is 0 Å². The number of hydrogen-bond donors (Lipinski definition) is 0. The second kappa shape index (κ2) is 6.02. The second-order valence-electron chi connectivity index (χ2n) is 6.32. The number of aryl methyl sites for hydroxylation is 1. The fourth-order valence-corrected chi connectivity index (χ4v) is 2.72. The van der Waals surface area contributed by atoms with Crippen LogP contribution in [0.1, 0.15) is 36.6 Å². The molecule has 2 aromatic heterocycles. The van der Waals surface area contributed by atoms with Crippen LogP contribution in [0.15, 0.2) is 47.3 Å². The van der Waals surface area contributed by atoms with Gasteiger partial charge in [-0.05, 0) is 49.2 Å². The van der Waals surface area contributed by atoms with Gasteiger partial charge in [0.25, 0.3) is 5.56 Å². The van der Waals surface area contributed by atoms with Gasteiger partial charge in [0.1, 0.15) is 5.65 Å². The highest BCUT2D eigenvalue weighted by Gasteiger charge is 2.30. The van der Waals surface area contributed by atoms with Gasteiger partial charge in [0, 0.05) is 16.6 Å². The van der Waals surface area contributed by atoms with Crippen molar-refractivity contribution in [3.05, 3.63) is 69.6 Å². The Kier molecular flexibility index (Phi) is 4.14. The average molecular weight is 346 g/mol. The summed E-state index contributed by atoms with van der Waals surface area (Å²) in [6.45, 7) is 5.58. The first kappa shape index (κ1) is 17.2. The number of nitrogens with zero attached hydrogens (tertiary/aromatic N) is 2. The molecule has 0 bridgehead atoms. The van der Waals surface area contributed by atoms with Crippen LogP contribution in [0, 0.1) is 6.92 Å². The van der Waals surface area contributed by atoms with E-state index in [4.69, 9.17) is 0 Å². The average Bonchev–Trinajstić information content (AvgIpc) is 2.55. The summed E-state index contributed by atoms with van der Waals surface area (Å²) >= 11 is 0. The monoisotopic (exact) mass is 346 g/mol. The molecule has 0 aliphatic heterocycles. The molecule has 130 valence electrons. The molecule has 0 saturated heterocycles. The largest absolute Gasteiger partial charge is 0.416 e. The van der Waals surface area contributed by atoms with E-state index in [-0.39, 0.29) is 17.2 Å². The highest BCUT2D eigenvalue weighted by molar-refractivity contribution is 5.78. The molecule has 0 atom stereocenters. The first-order valence-corrected chi connectivity index (χ1v) is 7.89. The molecule has 2 heterocycles. The summed E-state index contributed by atoms with van der Waals surface area (Å²) in [4.78, 5) is 17.2. The van der Waals surface area contributed by atoms with E-state index < -0.39 is 11.7 Å². The zero-order chi connectivity index (χ0) is 18.4. The minimum Gasteiger partial charge on any atom is -0.269 e. The van der Waals surface area contributed by atoms with Gasteiger partial charge in [-0.3, -0.25) is 9.36 Å². The van der Waals surface area contributed by atoms with Gasteiger partial charge in [-0.15, -0.1) is 0 Å². The first-order chi connectivity index (χ1) is 11.7. The van der Waals surface area contributed by atoms with E-state index in [1.165, 1.54) is 16.7 Å². The van der Waals surface area contributed by atoms with E-state index in [9.17, 15) is 18.0 Å². The quantitative estimate of drug-likeness (QED) is 0.666. The van der Waals surface area contributed by atoms with Crippen molar-refractivity contribution >= 4 is 11.0 Å². The maximum Gasteiger partial charge on any atom is 0.416 e. The molecule has 3 aromatic rings. The molecule has 3 rings (SSSR count). The molecule has 0 aliphatic carbocycles. The summed E-state index contributed by atoms with van der Waals surface area (Å²) in [6, 6.07) is 10.2. The van der Waals surface area contributed by atoms with Gasteiger partial charge >= 0.3 is 6.18 Å². The van der Waals surface area contributed by atoms with Crippen LogP contribution in [0.25, 0.3) is 16.7 Å². The van der Waals surface area contributed by atoms with Crippen molar-refractivity contribution in [2.75, 3.05) is 0 Å². The normalized spacial score (nSPS) is 12.1. The molecule has 3 nitrogen and oxygen atoms in total. The van der Waals surface area contributed by atoms with E-state index in [0.717, 1.165) is 17.8 Å². The third-order valence-corrected chi connectivity index (χ3v) is 4.07. The fraction of sp³-hybridized carbons (Fsp3) is 0.263. The smallest absolute Gasteiger partial charge is 0.269 e. The topological polar surface area (TPSA) is 34.9 Å². The summed E-state index contributed by atoms with van der Waals surface area (Å²) in [6.07, 6.45) is -4.48. The molecule has 0 aliphatic rings. The zero-order valence-corrected chi connectivity index (χ0v) is 14.1. The fourth-order valence-electron chi connectivity index (χ4n) is 2.72. The third kappa shape index (κ3) is 3.16. The molecular weight excluding hydrogens is 329 g/mol. The van der Waals surface area contributed by atoms with Crippen LogP contribution in [0.4, 0.5) is 13.2 Å². The number of aromatic nitrogens is 2. The molecule has 1 aromatic carbocycles. The lowest BCUT2D eigenvalue weighted by Gasteiger charge is -2.15. The number of pyridine rings is 2. The zero-order valence-electron chi connectivity index (χ0n) is 14.1. The van der Waals surface area contributed by atoms with Crippen LogP contribution in [0.3, 0.4) is 0 Å². The van der Waals surface area contributed by atoms with Crippen molar-refractivity contribution in [2.24, 2.45) is 0 Å². The predicted molar refractivity (Wildman–Crippen MR) is 91.2 cm³/mol. The lowest BCUT2D eigenvalue weighted by Crippen LogP contribution is -2.22. The maximum atomic E-state index is 13.0. The molecular formula is C19H17F3N2O. The standard InChI is InChI=1S/C19H17F3N2O/c1-11(2)16-8-7-13-9-12(3)18(25)24(17(13)23-16)15-6-4-5-14(10-15)19(20,21)22/h4-11H,1-3H3. The minimum atomic E-state index is -4.48. The Morgan fingerprint density at radius 2 is 1.80 bits per heavy atom. The van der Waals surface area contributed by atoms with Gasteiger partial charge in [-0.25, -0.2) is 4.98 Å². The number of hydrogen-bond acceptors (Lipinski definition) is 2. The molecule has 0 radical (unpaired) electrons. The van der Waals surface area contributed by atoms with Gasteiger partial charge in [0.2, 0.25) is 0 Å². The van der Waals surface area contributed by atoms with Crippen molar-refractivity contribution < 1.29 is 13.2 Å².